The largest absolute Gasteiger partial charge is 0.480 e. The lowest BCUT2D eigenvalue weighted by Crippen LogP contribution is -2.10. The van der Waals surface area contributed by atoms with Crippen LogP contribution < -0.4 is 0 Å². The molecule has 1 aromatic heterocycles. The second kappa shape index (κ2) is 3.87. The number of hydrogen-bond donors (Lipinski definition) is 1. The molecule has 4 nitrogen and oxygen atoms in total. The monoisotopic (exact) mass is 196 g/mol. The Kier molecular flexibility index (Phi) is 2.83. The molecule has 0 fully saturated rings. The molecule has 66 valence electrons. The smallest absolute Gasteiger partial charge is 0.327 e. The van der Waals surface area contributed by atoms with Gasteiger partial charge in [0, 0.05) is 6.20 Å². The average Bonchev–Trinajstić information content (AvgIpc) is 2.09. The van der Waals surface area contributed by atoms with Gasteiger partial charge in [-0.25, -0.2) is 0 Å². The molecule has 0 spiro atoms. The molecule has 5 heteroatoms. The van der Waals surface area contributed by atoms with E-state index in [0.29, 0.717) is 5.02 Å². The Balaban J connectivity index is 3.01. The minimum Gasteiger partial charge on any atom is -0.480 e. The maximum absolute atomic E-state index is 10.5. The first kappa shape index (κ1) is 9.49. The van der Waals surface area contributed by atoms with E-state index >= 15 is 0 Å². The summed E-state index contributed by atoms with van der Waals surface area (Å²) in [6.45, 7) is 0. The second-order valence-corrected chi connectivity index (χ2v) is 2.74. The number of carboxylic acids is 1. The Bertz CT molecular complexity index is 355. The van der Waals surface area contributed by atoms with E-state index in [1.54, 1.807) is 6.07 Å². The fraction of sp³-hybridized carbons (Fsp3) is 0.125. The van der Waals surface area contributed by atoms with E-state index in [1.807, 2.05) is 0 Å². The van der Waals surface area contributed by atoms with Gasteiger partial charge in [-0.3, -0.25) is 9.78 Å². The van der Waals surface area contributed by atoms with Gasteiger partial charge in [-0.1, -0.05) is 11.6 Å². The molecular weight excluding hydrogens is 192 g/mol. The first-order valence-corrected chi connectivity index (χ1v) is 3.77. The Labute approximate surface area is 79.4 Å². The second-order valence-electron chi connectivity index (χ2n) is 2.30. The number of hydrogen-bond acceptors (Lipinski definition) is 3. The standard InChI is InChI=1S/C8H5ClN2O2/c9-5-1-2-7(11-4-5)6(3-10)8(12)13/h1-2,4,6H,(H,12,13)/t6-/m0/s1. The maximum atomic E-state index is 10.5. The molecule has 0 bridgehead atoms. The van der Waals surface area contributed by atoms with E-state index in [0.717, 1.165) is 0 Å². The van der Waals surface area contributed by atoms with Crippen molar-refractivity contribution in [2.75, 3.05) is 0 Å². The van der Waals surface area contributed by atoms with E-state index in [-0.39, 0.29) is 5.69 Å². The van der Waals surface area contributed by atoms with E-state index in [2.05, 4.69) is 4.98 Å². The highest BCUT2D eigenvalue weighted by Gasteiger charge is 2.19. The minimum absolute atomic E-state index is 0.194. The van der Waals surface area contributed by atoms with Crippen LogP contribution in [-0.4, -0.2) is 16.1 Å². The van der Waals surface area contributed by atoms with Crippen LogP contribution in [0.2, 0.25) is 5.02 Å². The molecule has 0 saturated carbocycles. The predicted octanol–water partition coefficient (Wildman–Crippen LogP) is 1.43. The van der Waals surface area contributed by atoms with Crippen LogP contribution in [0.5, 0.6) is 0 Å². The van der Waals surface area contributed by atoms with Gasteiger partial charge in [0.1, 0.15) is 0 Å². The average molecular weight is 197 g/mol. The van der Waals surface area contributed by atoms with Crippen molar-refractivity contribution in [2.45, 2.75) is 5.92 Å². The topological polar surface area (TPSA) is 74.0 Å². The Morgan fingerprint density at radius 2 is 2.38 bits per heavy atom. The van der Waals surface area contributed by atoms with Crippen LogP contribution in [0.15, 0.2) is 18.3 Å². The van der Waals surface area contributed by atoms with Gasteiger partial charge in [0.25, 0.3) is 0 Å². The van der Waals surface area contributed by atoms with Crippen molar-refractivity contribution in [3.8, 4) is 6.07 Å². The number of pyridine rings is 1. The fourth-order valence-electron chi connectivity index (χ4n) is 0.806. The molecule has 0 saturated heterocycles. The minimum atomic E-state index is -1.22. The van der Waals surface area contributed by atoms with Crippen LogP contribution in [0.3, 0.4) is 0 Å². The van der Waals surface area contributed by atoms with Crippen molar-refractivity contribution < 1.29 is 9.90 Å². The Morgan fingerprint density at radius 3 is 2.77 bits per heavy atom. The summed E-state index contributed by atoms with van der Waals surface area (Å²) < 4.78 is 0. The molecule has 1 N–H and O–H groups in total. The number of halogens is 1. The van der Waals surface area contributed by atoms with E-state index in [4.69, 9.17) is 22.0 Å². The third kappa shape index (κ3) is 2.17. The lowest BCUT2D eigenvalue weighted by Gasteiger charge is -2.01. The third-order valence-corrected chi connectivity index (χ3v) is 1.65. The predicted molar refractivity (Wildman–Crippen MR) is 45.2 cm³/mol. The molecule has 0 aliphatic rings. The Hall–Kier alpha value is -1.60. The molecule has 0 aliphatic carbocycles. The van der Waals surface area contributed by atoms with Crippen molar-refractivity contribution in [3.05, 3.63) is 29.0 Å². The molecule has 0 amide bonds. The zero-order chi connectivity index (χ0) is 9.84. The number of carbonyl (C=O) groups is 1. The molecule has 0 radical (unpaired) electrons. The van der Waals surface area contributed by atoms with Gasteiger partial charge >= 0.3 is 5.97 Å². The van der Waals surface area contributed by atoms with Crippen molar-refractivity contribution >= 4 is 17.6 Å². The number of aromatic nitrogens is 1. The van der Waals surface area contributed by atoms with Crippen LogP contribution in [0.1, 0.15) is 11.6 Å². The van der Waals surface area contributed by atoms with Crippen LogP contribution >= 0.6 is 11.6 Å². The molecular formula is C8H5ClN2O2. The molecule has 0 aromatic carbocycles. The number of aliphatic carboxylic acids is 1. The first-order chi connectivity index (χ1) is 6.15. The van der Waals surface area contributed by atoms with Crippen molar-refractivity contribution in [1.29, 1.82) is 5.26 Å². The summed E-state index contributed by atoms with van der Waals surface area (Å²) in [5.74, 6) is -2.44. The van der Waals surface area contributed by atoms with Gasteiger partial charge in [0.15, 0.2) is 5.92 Å². The Morgan fingerprint density at radius 1 is 1.69 bits per heavy atom. The molecule has 1 heterocycles. The molecule has 1 rings (SSSR count). The van der Waals surface area contributed by atoms with Gasteiger partial charge < -0.3 is 5.11 Å². The number of nitrogens with zero attached hydrogens (tertiary/aromatic N) is 2. The van der Waals surface area contributed by atoms with Crippen molar-refractivity contribution in [3.63, 3.8) is 0 Å². The zero-order valence-corrected chi connectivity index (χ0v) is 7.19. The number of nitriles is 1. The SMILES string of the molecule is N#C[C@H](C(=O)O)c1ccc(Cl)cn1. The normalized spacial score (nSPS) is 11.7. The summed E-state index contributed by atoms with van der Waals surface area (Å²) in [6.07, 6.45) is 1.31. The summed E-state index contributed by atoms with van der Waals surface area (Å²) >= 11 is 5.55. The van der Waals surface area contributed by atoms with Crippen LogP contribution in [0.25, 0.3) is 0 Å². The summed E-state index contributed by atoms with van der Waals surface area (Å²) in [6, 6.07) is 4.55. The van der Waals surface area contributed by atoms with Crippen molar-refractivity contribution in [1.82, 2.24) is 4.98 Å². The van der Waals surface area contributed by atoms with Crippen LogP contribution in [0.4, 0.5) is 0 Å². The summed E-state index contributed by atoms with van der Waals surface area (Å²) in [5, 5.41) is 17.5. The molecule has 1 atom stereocenters. The quantitative estimate of drug-likeness (QED) is 0.777. The van der Waals surface area contributed by atoms with E-state index in [1.165, 1.54) is 18.3 Å². The first-order valence-electron chi connectivity index (χ1n) is 3.39. The lowest BCUT2D eigenvalue weighted by atomic mass is 10.1. The number of rotatable bonds is 2. The highest BCUT2D eigenvalue weighted by molar-refractivity contribution is 6.30. The summed E-state index contributed by atoms with van der Waals surface area (Å²) in [5.41, 5.74) is 0.194. The van der Waals surface area contributed by atoms with Gasteiger partial charge in [-0.15, -0.1) is 0 Å². The third-order valence-electron chi connectivity index (χ3n) is 1.42. The van der Waals surface area contributed by atoms with Gasteiger partial charge in [-0.2, -0.15) is 5.26 Å². The van der Waals surface area contributed by atoms with Gasteiger partial charge in [-0.05, 0) is 12.1 Å². The molecule has 0 unspecified atom stereocenters. The van der Waals surface area contributed by atoms with Crippen molar-refractivity contribution in [2.24, 2.45) is 0 Å². The summed E-state index contributed by atoms with van der Waals surface area (Å²) in [7, 11) is 0. The number of carboxylic acid groups (broad SMARTS) is 1. The van der Waals surface area contributed by atoms with Crippen LogP contribution in [0, 0.1) is 11.3 Å². The fourth-order valence-corrected chi connectivity index (χ4v) is 0.918. The lowest BCUT2D eigenvalue weighted by molar-refractivity contribution is -0.137. The zero-order valence-electron chi connectivity index (χ0n) is 6.44. The molecule has 1 aromatic rings. The summed E-state index contributed by atoms with van der Waals surface area (Å²) in [4.78, 5) is 14.3. The van der Waals surface area contributed by atoms with E-state index < -0.39 is 11.9 Å². The highest BCUT2D eigenvalue weighted by atomic mass is 35.5. The molecule has 13 heavy (non-hydrogen) atoms. The van der Waals surface area contributed by atoms with E-state index in [9.17, 15) is 4.79 Å². The highest BCUT2D eigenvalue weighted by Crippen LogP contribution is 2.14. The molecule has 0 aliphatic heterocycles. The van der Waals surface area contributed by atoms with Gasteiger partial charge in [0.05, 0.1) is 16.8 Å². The van der Waals surface area contributed by atoms with Crippen LogP contribution in [-0.2, 0) is 4.79 Å². The maximum Gasteiger partial charge on any atom is 0.327 e. The van der Waals surface area contributed by atoms with Gasteiger partial charge in [0.2, 0.25) is 0 Å².